The van der Waals surface area contributed by atoms with Crippen molar-refractivity contribution >= 4 is 5.78 Å². The fourth-order valence-corrected chi connectivity index (χ4v) is 3.89. The smallest absolute Gasteiger partial charge is 0.163 e. The number of carbonyl (C=O) groups is 1. The summed E-state index contributed by atoms with van der Waals surface area (Å²) in [4.78, 5) is 16.4. The van der Waals surface area contributed by atoms with Crippen molar-refractivity contribution in [2.45, 2.75) is 45.3 Å². The Balaban J connectivity index is 1.69. The van der Waals surface area contributed by atoms with Gasteiger partial charge in [-0.15, -0.1) is 0 Å². The van der Waals surface area contributed by atoms with Crippen LogP contribution in [0.2, 0.25) is 0 Å². The van der Waals surface area contributed by atoms with Crippen molar-refractivity contribution < 1.29 is 9.53 Å². The van der Waals surface area contributed by atoms with Crippen LogP contribution in [0.5, 0.6) is 5.75 Å². The van der Waals surface area contributed by atoms with E-state index >= 15 is 0 Å². The van der Waals surface area contributed by atoms with Crippen molar-refractivity contribution in [2.75, 3.05) is 0 Å². The van der Waals surface area contributed by atoms with Crippen molar-refractivity contribution in [2.24, 2.45) is 0 Å². The molecule has 1 heterocycles. The number of fused-ring (bicyclic) bond motifs is 1. The van der Waals surface area contributed by atoms with Gasteiger partial charge < -0.3 is 9.30 Å². The molecule has 0 spiro atoms. The molecule has 4 rings (SSSR count). The third-order valence-electron chi connectivity index (χ3n) is 5.25. The number of hydrogen-bond acceptors (Lipinski definition) is 3. The molecule has 3 aromatic rings. The number of benzene rings is 2. The highest BCUT2D eigenvalue weighted by molar-refractivity contribution is 5.99. The second kappa shape index (κ2) is 7.78. The SMILES string of the molecule is CCc1c(OC(Cn2ccnc2)c2ccccc2)ccc2c1CCCC2=O. The molecule has 1 unspecified atom stereocenters. The summed E-state index contributed by atoms with van der Waals surface area (Å²) >= 11 is 0. The molecular weight excluding hydrogens is 336 g/mol. The fraction of sp³-hybridized carbons (Fsp3) is 0.304. The van der Waals surface area contributed by atoms with E-state index in [-0.39, 0.29) is 11.9 Å². The molecule has 0 saturated heterocycles. The Bertz CT molecular complexity index is 917. The maximum Gasteiger partial charge on any atom is 0.163 e. The molecule has 0 N–H and O–H groups in total. The summed E-state index contributed by atoms with van der Waals surface area (Å²) in [5.74, 6) is 1.15. The van der Waals surface area contributed by atoms with Crippen molar-refractivity contribution in [3.63, 3.8) is 0 Å². The zero-order valence-corrected chi connectivity index (χ0v) is 15.6. The van der Waals surface area contributed by atoms with Crippen LogP contribution < -0.4 is 4.74 Å². The Morgan fingerprint density at radius 1 is 1.15 bits per heavy atom. The molecule has 0 amide bonds. The first kappa shape index (κ1) is 17.5. The third kappa shape index (κ3) is 3.65. The molecular formula is C23H24N2O2. The molecule has 4 nitrogen and oxygen atoms in total. The molecule has 0 fully saturated rings. The van der Waals surface area contributed by atoms with E-state index in [1.54, 1.807) is 6.20 Å². The van der Waals surface area contributed by atoms with Gasteiger partial charge in [-0.05, 0) is 48.1 Å². The van der Waals surface area contributed by atoms with E-state index in [2.05, 4.69) is 24.0 Å². The van der Waals surface area contributed by atoms with Crippen LogP contribution in [-0.2, 0) is 19.4 Å². The third-order valence-corrected chi connectivity index (χ3v) is 5.25. The molecule has 138 valence electrons. The lowest BCUT2D eigenvalue weighted by Crippen LogP contribution is -2.18. The van der Waals surface area contributed by atoms with Gasteiger partial charge in [0.15, 0.2) is 5.78 Å². The standard InChI is InChI=1S/C23H24N2O2/c1-2-18-19-9-6-10-21(26)20(19)11-12-22(18)27-23(15-25-14-13-24-16-25)17-7-4-3-5-8-17/h3-5,7-8,11-14,16,23H,2,6,9-10,15H2,1H3. The molecule has 2 aromatic carbocycles. The van der Waals surface area contributed by atoms with Crippen LogP contribution in [0.25, 0.3) is 0 Å². The Hall–Kier alpha value is -2.88. The Morgan fingerprint density at radius 2 is 2.00 bits per heavy atom. The van der Waals surface area contributed by atoms with Crippen LogP contribution in [0, 0.1) is 0 Å². The predicted octanol–water partition coefficient (Wildman–Crippen LogP) is 4.78. The second-order valence-electron chi connectivity index (χ2n) is 6.98. The number of carbonyl (C=O) groups excluding carboxylic acids is 1. The van der Waals surface area contributed by atoms with E-state index in [4.69, 9.17) is 4.74 Å². The highest BCUT2D eigenvalue weighted by Gasteiger charge is 2.23. The summed E-state index contributed by atoms with van der Waals surface area (Å²) in [5.41, 5.74) is 4.37. The summed E-state index contributed by atoms with van der Waals surface area (Å²) in [6, 6.07) is 14.2. The van der Waals surface area contributed by atoms with E-state index in [1.165, 1.54) is 11.1 Å². The molecule has 4 heteroatoms. The van der Waals surface area contributed by atoms with Crippen LogP contribution in [0.15, 0.2) is 61.2 Å². The second-order valence-corrected chi connectivity index (χ2v) is 6.98. The van der Waals surface area contributed by atoms with E-state index in [9.17, 15) is 4.79 Å². The van der Waals surface area contributed by atoms with E-state index in [0.29, 0.717) is 13.0 Å². The van der Waals surface area contributed by atoms with E-state index in [1.807, 2.05) is 47.4 Å². The summed E-state index contributed by atoms with van der Waals surface area (Å²) in [5, 5.41) is 0. The van der Waals surface area contributed by atoms with Gasteiger partial charge in [0.05, 0.1) is 12.9 Å². The van der Waals surface area contributed by atoms with Crippen LogP contribution in [0.3, 0.4) is 0 Å². The van der Waals surface area contributed by atoms with Crippen molar-refractivity contribution in [3.8, 4) is 5.75 Å². The first-order valence-corrected chi connectivity index (χ1v) is 9.61. The maximum atomic E-state index is 12.3. The number of aromatic nitrogens is 2. The number of hydrogen-bond donors (Lipinski definition) is 0. The number of ether oxygens (including phenoxy) is 1. The summed E-state index contributed by atoms with van der Waals surface area (Å²) in [7, 11) is 0. The van der Waals surface area contributed by atoms with Crippen LogP contribution in [0.4, 0.5) is 0 Å². The first-order chi connectivity index (χ1) is 13.3. The van der Waals surface area contributed by atoms with Gasteiger partial charge in [0.2, 0.25) is 0 Å². The zero-order valence-electron chi connectivity index (χ0n) is 15.6. The van der Waals surface area contributed by atoms with Gasteiger partial charge in [0.25, 0.3) is 0 Å². The number of imidazole rings is 1. The van der Waals surface area contributed by atoms with Gasteiger partial charge >= 0.3 is 0 Å². The average Bonchev–Trinajstić information content (AvgIpc) is 3.21. The van der Waals surface area contributed by atoms with Crippen molar-refractivity contribution in [1.82, 2.24) is 9.55 Å². The highest BCUT2D eigenvalue weighted by Crippen LogP contribution is 2.34. The molecule has 0 radical (unpaired) electrons. The topological polar surface area (TPSA) is 44.1 Å². The molecule has 1 aromatic heterocycles. The van der Waals surface area contributed by atoms with Gasteiger partial charge in [-0.3, -0.25) is 4.79 Å². The normalized spacial score (nSPS) is 14.6. The summed E-state index contributed by atoms with van der Waals surface area (Å²) in [6.45, 7) is 2.82. The molecule has 1 atom stereocenters. The lowest BCUT2D eigenvalue weighted by molar-refractivity contribution is 0.0972. The minimum absolute atomic E-state index is 0.122. The molecule has 0 bridgehead atoms. The number of rotatable bonds is 6. The largest absolute Gasteiger partial charge is 0.484 e. The number of Topliss-reactive ketones (excluding diaryl/α,β-unsaturated/α-hetero) is 1. The van der Waals surface area contributed by atoms with Gasteiger partial charge in [-0.2, -0.15) is 0 Å². The quantitative estimate of drug-likeness (QED) is 0.635. The molecule has 1 aliphatic rings. The number of nitrogens with zero attached hydrogens (tertiary/aromatic N) is 2. The Morgan fingerprint density at radius 3 is 2.74 bits per heavy atom. The summed E-state index contributed by atoms with van der Waals surface area (Å²) < 4.78 is 8.57. The van der Waals surface area contributed by atoms with Crippen LogP contribution in [-0.4, -0.2) is 15.3 Å². The van der Waals surface area contributed by atoms with Gasteiger partial charge in [-0.1, -0.05) is 37.3 Å². The lowest BCUT2D eigenvalue weighted by Gasteiger charge is -2.25. The molecule has 0 saturated carbocycles. The van der Waals surface area contributed by atoms with Crippen molar-refractivity contribution in [3.05, 3.63) is 83.4 Å². The Kier molecular flexibility index (Phi) is 5.05. The highest BCUT2D eigenvalue weighted by atomic mass is 16.5. The summed E-state index contributed by atoms with van der Waals surface area (Å²) in [6.07, 6.45) is 8.82. The van der Waals surface area contributed by atoms with Gasteiger partial charge in [-0.25, -0.2) is 4.98 Å². The zero-order chi connectivity index (χ0) is 18.6. The predicted molar refractivity (Wildman–Crippen MR) is 105 cm³/mol. The van der Waals surface area contributed by atoms with Crippen LogP contribution >= 0.6 is 0 Å². The van der Waals surface area contributed by atoms with Gasteiger partial charge in [0.1, 0.15) is 11.9 Å². The van der Waals surface area contributed by atoms with Crippen molar-refractivity contribution in [1.29, 1.82) is 0 Å². The monoisotopic (exact) mass is 360 g/mol. The molecule has 1 aliphatic carbocycles. The maximum absolute atomic E-state index is 12.3. The molecule has 0 aliphatic heterocycles. The molecule has 27 heavy (non-hydrogen) atoms. The Labute approximate surface area is 159 Å². The lowest BCUT2D eigenvalue weighted by atomic mass is 9.86. The van der Waals surface area contributed by atoms with E-state index < -0.39 is 0 Å². The fourth-order valence-electron chi connectivity index (χ4n) is 3.89. The first-order valence-electron chi connectivity index (χ1n) is 9.61. The minimum atomic E-state index is -0.122. The van der Waals surface area contributed by atoms with Crippen LogP contribution in [0.1, 0.15) is 52.9 Å². The number of ketones is 1. The van der Waals surface area contributed by atoms with E-state index in [0.717, 1.165) is 36.1 Å². The minimum Gasteiger partial charge on any atom is -0.484 e. The average molecular weight is 360 g/mol. The van der Waals surface area contributed by atoms with Gasteiger partial charge in [0, 0.05) is 24.4 Å².